The lowest BCUT2D eigenvalue weighted by molar-refractivity contribution is -0.126. The van der Waals surface area contributed by atoms with Crippen LogP contribution in [0.1, 0.15) is 17.1 Å². The molecule has 158 valence electrons. The number of hydrogen-bond acceptors (Lipinski definition) is 9. The molecule has 0 aromatic carbocycles. The number of rotatable bonds is 12. The molecule has 1 aliphatic rings. The maximum atomic E-state index is 12.1. The van der Waals surface area contributed by atoms with Gasteiger partial charge in [0.1, 0.15) is 18.1 Å². The van der Waals surface area contributed by atoms with Gasteiger partial charge in [0.05, 0.1) is 24.4 Å². The Kier molecular flexibility index (Phi) is 8.84. The fourth-order valence-corrected chi connectivity index (χ4v) is 4.27. The Morgan fingerprint density at radius 3 is 2.76 bits per heavy atom. The maximum absolute atomic E-state index is 12.1. The van der Waals surface area contributed by atoms with Crippen molar-refractivity contribution < 1.29 is 9.21 Å². The highest BCUT2D eigenvalue weighted by molar-refractivity contribution is 7.98. The molecule has 1 amide bonds. The summed E-state index contributed by atoms with van der Waals surface area (Å²) in [6, 6.07) is 8.07. The molecule has 1 aliphatic heterocycles. The molecule has 29 heavy (non-hydrogen) atoms. The third-order valence-corrected chi connectivity index (χ3v) is 6.01. The SMILES string of the molecule is CN(C)Cc1ccc(CSCCNN2SN(NCCc3ccncc3)CC2=O)o1. The summed E-state index contributed by atoms with van der Waals surface area (Å²) in [7, 11) is 4.05. The van der Waals surface area contributed by atoms with Gasteiger partial charge in [-0.05, 0) is 50.3 Å². The van der Waals surface area contributed by atoms with Crippen molar-refractivity contribution in [2.45, 2.75) is 18.7 Å². The molecule has 3 heterocycles. The number of aromatic nitrogens is 1. The molecule has 0 spiro atoms. The van der Waals surface area contributed by atoms with Crippen molar-refractivity contribution in [1.29, 1.82) is 0 Å². The number of nitrogens with one attached hydrogen (secondary N) is 2. The number of furan rings is 1. The second-order valence-electron chi connectivity index (χ2n) is 6.89. The topological polar surface area (TPSA) is 76.9 Å². The zero-order chi connectivity index (χ0) is 20.5. The summed E-state index contributed by atoms with van der Waals surface area (Å²) < 4.78 is 9.26. The molecule has 0 saturated carbocycles. The van der Waals surface area contributed by atoms with Crippen LogP contribution in [0.15, 0.2) is 41.1 Å². The molecule has 2 aromatic heterocycles. The van der Waals surface area contributed by atoms with Crippen molar-refractivity contribution in [2.75, 3.05) is 39.5 Å². The van der Waals surface area contributed by atoms with Crippen LogP contribution in [0.25, 0.3) is 0 Å². The number of thioether (sulfide) groups is 1. The van der Waals surface area contributed by atoms with Gasteiger partial charge in [-0.15, -0.1) is 0 Å². The average molecular weight is 437 g/mol. The Hall–Kier alpha value is -1.56. The van der Waals surface area contributed by atoms with Crippen molar-refractivity contribution in [2.24, 2.45) is 0 Å². The number of carbonyl (C=O) groups is 1. The predicted molar refractivity (Wildman–Crippen MR) is 117 cm³/mol. The van der Waals surface area contributed by atoms with Crippen LogP contribution < -0.4 is 10.9 Å². The standard InChI is InChI=1S/C19H28N6O2S2/c1-23(2)13-17-3-4-18(27-17)15-28-12-11-22-25-19(26)14-24(29-25)21-10-7-16-5-8-20-9-6-16/h3-6,8-9,21-22H,7,10-15H2,1-2H3. The molecule has 0 aliphatic carbocycles. The summed E-state index contributed by atoms with van der Waals surface area (Å²) in [4.78, 5) is 18.2. The van der Waals surface area contributed by atoms with Crippen LogP contribution in [-0.4, -0.2) is 64.1 Å². The first-order valence-corrected chi connectivity index (χ1v) is 11.4. The minimum Gasteiger partial charge on any atom is -0.464 e. The smallest absolute Gasteiger partial charge is 0.264 e. The van der Waals surface area contributed by atoms with E-state index < -0.39 is 0 Å². The molecule has 0 unspecified atom stereocenters. The number of carbonyl (C=O) groups excluding carboxylic acids is 1. The molecule has 0 bridgehead atoms. The summed E-state index contributed by atoms with van der Waals surface area (Å²) in [5, 5.41) is 0. The zero-order valence-corrected chi connectivity index (χ0v) is 18.5. The van der Waals surface area contributed by atoms with E-state index in [2.05, 4.69) is 20.7 Å². The predicted octanol–water partition coefficient (Wildman–Crippen LogP) is 1.93. The minimum absolute atomic E-state index is 0.0516. The Bertz CT molecular complexity index is 758. The van der Waals surface area contributed by atoms with Crippen molar-refractivity contribution in [1.82, 2.24) is 29.6 Å². The highest BCUT2D eigenvalue weighted by Crippen LogP contribution is 2.20. The van der Waals surface area contributed by atoms with Gasteiger partial charge in [0.25, 0.3) is 5.91 Å². The van der Waals surface area contributed by atoms with Crippen molar-refractivity contribution >= 4 is 29.8 Å². The summed E-state index contributed by atoms with van der Waals surface area (Å²) in [6.45, 7) is 2.66. The molecule has 2 N–H and O–H groups in total. The fourth-order valence-electron chi connectivity index (χ4n) is 2.72. The van der Waals surface area contributed by atoms with Crippen LogP contribution in [0.3, 0.4) is 0 Å². The molecule has 0 atom stereocenters. The monoisotopic (exact) mass is 436 g/mol. The van der Waals surface area contributed by atoms with Crippen molar-refractivity contribution in [3.63, 3.8) is 0 Å². The lowest BCUT2D eigenvalue weighted by atomic mass is 10.2. The molecule has 1 saturated heterocycles. The molecule has 8 nitrogen and oxygen atoms in total. The third-order valence-electron chi connectivity index (χ3n) is 4.07. The molecule has 3 rings (SSSR count). The first-order chi connectivity index (χ1) is 14.1. The van der Waals surface area contributed by atoms with Crippen LogP contribution in [0, 0.1) is 0 Å². The van der Waals surface area contributed by atoms with Gasteiger partial charge < -0.3 is 9.32 Å². The molecule has 0 radical (unpaired) electrons. The van der Waals surface area contributed by atoms with Gasteiger partial charge in [-0.2, -0.15) is 16.2 Å². The molecule has 2 aromatic rings. The van der Waals surface area contributed by atoms with Gasteiger partial charge in [0.15, 0.2) is 0 Å². The second-order valence-corrected chi connectivity index (χ2v) is 8.96. The lowest BCUT2D eigenvalue weighted by Crippen LogP contribution is -2.36. The van der Waals surface area contributed by atoms with Crippen molar-refractivity contribution in [3.05, 3.63) is 53.7 Å². The second kappa shape index (κ2) is 11.6. The summed E-state index contributed by atoms with van der Waals surface area (Å²) >= 11 is 3.15. The van der Waals surface area contributed by atoms with Gasteiger partial charge in [0.2, 0.25) is 0 Å². The fraction of sp³-hybridized carbons (Fsp3) is 0.474. The Labute approximate surface area is 180 Å². The van der Waals surface area contributed by atoms with Crippen molar-refractivity contribution in [3.8, 4) is 0 Å². The van der Waals surface area contributed by atoms with Gasteiger partial charge >= 0.3 is 0 Å². The number of hydrogen-bond donors (Lipinski definition) is 2. The highest BCUT2D eigenvalue weighted by atomic mass is 32.2. The Morgan fingerprint density at radius 2 is 1.97 bits per heavy atom. The Balaban J connectivity index is 1.27. The molecular formula is C19H28N6O2S2. The zero-order valence-electron chi connectivity index (χ0n) is 16.8. The van der Waals surface area contributed by atoms with Crippen LogP contribution in [0.5, 0.6) is 0 Å². The average Bonchev–Trinajstić information content (AvgIpc) is 3.28. The number of amides is 1. The maximum Gasteiger partial charge on any atom is 0.264 e. The van der Waals surface area contributed by atoms with E-state index in [0.717, 1.165) is 49.1 Å². The highest BCUT2D eigenvalue weighted by Gasteiger charge is 2.28. The molecule has 10 heteroatoms. The van der Waals surface area contributed by atoms with E-state index in [4.69, 9.17) is 4.42 Å². The normalized spacial score (nSPS) is 15.0. The number of hydrazine groups is 2. The Morgan fingerprint density at radius 1 is 1.17 bits per heavy atom. The first-order valence-electron chi connectivity index (χ1n) is 9.54. The van der Waals surface area contributed by atoms with Gasteiger partial charge in [-0.25, -0.2) is 15.3 Å². The first kappa shape index (κ1) is 22.1. The van der Waals surface area contributed by atoms with Gasteiger partial charge in [0, 0.05) is 31.2 Å². The van der Waals surface area contributed by atoms with E-state index in [0.29, 0.717) is 6.54 Å². The van der Waals surface area contributed by atoms with Crippen LogP contribution in [-0.2, 0) is 23.5 Å². The van der Waals surface area contributed by atoms with E-state index in [9.17, 15) is 4.79 Å². The summed E-state index contributed by atoms with van der Waals surface area (Å²) in [6.07, 6.45) is 4.48. The lowest BCUT2D eigenvalue weighted by Gasteiger charge is -2.17. The number of pyridine rings is 1. The van der Waals surface area contributed by atoms with Gasteiger partial charge in [-0.3, -0.25) is 9.78 Å². The molecule has 1 fully saturated rings. The van der Waals surface area contributed by atoms with Gasteiger partial charge in [-0.1, -0.05) is 0 Å². The van der Waals surface area contributed by atoms with E-state index in [1.807, 2.05) is 42.8 Å². The van der Waals surface area contributed by atoms with E-state index >= 15 is 0 Å². The van der Waals surface area contributed by atoms with E-state index in [-0.39, 0.29) is 5.91 Å². The van der Waals surface area contributed by atoms with Crippen LogP contribution >= 0.6 is 23.9 Å². The molecular weight excluding hydrogens is 408 g/mol. The quantitative estimate of drug-likeness (QED) is 0.383. The summed E-state index contributed by atoms with van der Waals surface area (Å²) in [5.74, 6) is 3.75. The third kappa shape index (κ3) is 7.65. The minimum atomic E-state index is 0.0516. The number of nitrogens with zero attached hydrogens (tertiary/aromatic N) is 4. The van der Waals surface area contributed by atoms with Crippen LogP contribution in [0.2, 0.25) is 0 Å². The summed E-state index contributed by atoms with van der Waals surface area (Å²) in [5.41, 5.74) is 7.69. The van der Waals surface area contributed by atoms with E-state index in [1.54, 1.807) is 28.6 Å². The largest absolute Gasteiger partial charge is 0.464 e. The van der Waals surface area contributed by atoms with Crippen LogP contribution in [0.4, 0.5) is 0 Å². The van der Waals surface area contributed by atoms with E-state index in [1.165, 1.54) is 17.7 Å².